The smallest absolute Gasteiger partial charge is 0.216 e. The Morgan fingerprint density at radius 3 is 2.00 bits per heavy atom. The lowest BCUT2D eigenvalue weighted by Gasteiger charge is -2.07. The van der Waals surface area contributed by atoms with E-state index in [1.807, 2.05) is 0 Å². The van der Waals surface area contributed by atoms with Gasteiger partial charge in [-0.3, -0.25) is 4.79 Å². The Morgan fingerprint density at radius 1 is 0.900 bits per heavy atom. The Kier molecular flexibility index (Phi) is 14.3. The Labute approximate surface area is 123 Å². The first-order valence-corrected chi connectivity index (χ1v) is 7.60. The molecule has 0 fully saturated rings. The predicted octanol–water partition coefficient (Wildman–Crippen LogP) is 2.00. The number of nitrogens with one attached hydrogen (secondary N) is 1. The van der Waals surface area contributed by atoms with E-state index in [0.717, 1.165) is 18.9 Å². The fourth-order valence-corrected chi connectivity index (χ4v) is 1.60. The van der Waals surface area contributed by atoms with Crippen LogP contribution in [-0.2, 0) is 19.0 Å². The average Bonchev–Trinajstić information content (AvgIpc) is 2.38. The molecule has 5 heteroatoms. The molecule has 5 nitrogen and oxygen atoms in total. The summed E-state index contributed by atoms with van der Waals surface area (Å²) in [7, 11) is 0. The topological polar surface area (TPSA) is 56.8 Å². The maximum absolute atomic E-state index is 10.6. The van der Waals surface area contributed by atoms with Gasteiger partial charge in [-0.1, -0.05) is 26.7 Å². The lowest BCUT2D eigenvalue weighted by Crippen LogP contribution is -2.25. The molecule has 0 saturated heterocycles. The molecule has 1 N–H and O–H groups in total. The minimum Gasteiger partial charge on any atom is -0.379 e. The molecule has 1 amide bonds. The highest BCUT2D eigenvalue weighted by atomic mass is 16.5. The van der Waals surface area contributed by atoms with E-state index in [-0.39, 0.29) is 5.91 Å². The van der Waals surface area contributed by atoms with Crippen LogP contribution in [0.5, 0.6) is 0 Å². The highest BCUT2D eigenvalue weighted by molar-refractivity contribution is 5.72. The van der Waals surface area contributed by atoms with Crippen LogP contribution in [0, 0.1) is 5.92 Å². The minimum atomic E-state index is -0.0320. The van der Waals surface area contributed by atoms with Crippen molar-refractivity contribution < 1.29 is 19.0 Å². The molecule has 0 spiro atoms. The number of unbranched alkanes of at least 4 members (excludes halogenated alkanes) is 1. The third-order valence-electron chi connectivity index (χ3n) is 2.68. The summed E-state index contributed by atoms with van der Waals surface area (Å²) in [6.45, 7) is 10.2. The van der Waals surface area contributed by atoms with Gasteiger partial charge in [0.1, 0.15) is 0 Å². The maximum atomic E-state index is 10.6. The van der Waals surface area contributed by atoms with Crippen LogP contribution in [0.1, 0.15) is 40.0 Å². The van der Waals surface area contributed by atoms with Gasteiger partial charge in [0.05, 0.1) is 33.0 Å². The number of rotatable bonds is 14. The standard InChI is InChI=1S/C15H31NO4/c1-14(2)6-4-5-8-18-10-12-20-13-11-19-9-7-16-15(3)17/h14H,4-13H2,1-3H3,(H,16,17). The van der Waals surface area contributed by atoms with Crippen LogP contribution >= 0.6 is 0 Å². The zero-order chi connectivity index (χ0) is 15.1. The Morgan fingerprint density at radius 2 is 1.45 bits per heavy atom. The third kappa shape index (κ3) is 17.4. The molecular weight excluding hydrogens is 258 g/mol. The Hall–Kier alpha value is -0.650. The molecule has 0 aliphatic heterocycles. The van der Waals surface area contributed by atoms with Crippen molar-refractivity contribution in [2.45, 2.75) is 40.0 Å². The fourth-order valence-electron chi connectivity index (χ4n) is 1.60. The van der Waals surface area contributed by atoms with E-state index in [1.165, 1.54) is 19.8 Å². The molecule has 20 heavy (non-hydrogen) atoms. The SMILES string of the molecule is CC(=O)NCCOCCOCCOCCCCC(C)C. The fraction of sp³-hybridized carbons (Fsp3) is 0.933. The highest BCUT2D eigenvalue weighted by Crippen LogP contribution is 2.05. The molecule has 0 radical (unpaired) electrons. The monoisotopic (exact) mass is 289 g/mol. The van der Waals surface area contributed by atoms with Crippen molar-refractivity contribution in [3.8, 4) is 0 Å². The number of ether oxygens (including phenoxy) is 3. The molecule has 0 aliphatic rings. The summed E-state index contributed by atoms with van der Waals surface area (Å²) in [5.74, 6) is 0.749. The van der Waals surface area contributed by atoms with Crippen LogP contribution in [0.15, 0.2) is 0 Å². The summed E-state index contributed by atoms with van der Waals surface area (Å²) < 4.78 is 16.1. The summed E-state index contributed by atoms with van der Waals surface area (Å²) in [5, 5.41) is 2.66. The number of hydrogen-bond acceptors (Lipinski definition) is 4. The van der Waals surface area contributed by atoms with Crippen LogP contribution in [0.25, 0.3) is 0 Å². The van der Waals surface area contributed by atoms with E-state index < -0.39 is 0 Å². The molecular formula is C15H31NO4. The van der Waals surface area contributed by atoms with Gasteiger partial charge in [-0.05, 0) is 12.3 Å². The molecule has 120 valence electrons. The quantitative estimate of drug-likeness (QED) is 0.497. The van der Waals surface area contributed by atoms with Crippen molar-refractivity contribution in [2.24, 2.45) is 5.92 Å². The van der Waals surface area contributed by atoms with Gasteiger partial charge < -0.3 is 19.5 Å². The second-order valence-electron chi connectivity index (χ2n) is 5.21. The van der Waals surface area contributed by atoms with Crippen LogP contribution in [-0.4, -0.2) is 52.1 Å². The van der Waals surface area contributed by atoms with Crippen LogP contribution in [0.4, 0.5) is 0 Å². The van der Waals surface area contributed by atoms with E-state index in [1.54, 1.807) is 0 Å². The lowest BCUT2D eigenvalue weighted by molar-refractivity contribution is -0.119. The third-order valence-corrected chi connectivity index (χ3v) is 2.68. The van der Waals surface area contributed by atoms with Crippen LogP contribution in [0.3, 0.4) is 0 Å². The second-order valence-corrected chi connectivity index (χ2v) is 5.21. The number of carbonyl (C=O) groups excluding carboxylic acids is 1. The van der Waals surface area contributed by atoms with Gasteiger partial charge in [-0.2, -0.15) is 0 Å². The van der Waals surface area contributed by atoms with Gasteiger partial charge in [0.15, 0.2) is 0 Å². The molecule has 0 aliphatic carbocycles. The first-order chi connectivity index (χ1) is 9.63. The summed E-state index contributed by atoms with van der Waals surface area (Å²) in [6, 6.07) is 0. The van der Waals surface area contributed by atoms with Crippen LogP contribution in [0.2, 0.25) is 0 Å². The Bertz CT molecular complexity index is 222. The number of carbonyl (C=O) groups is 1. The molecule has 0 aromatic rings. The van der Waals surface area contributed by atoms with Crippen molar-refractivity contribution in [1.29, 1.82) is 0 Å². The Balaban J connectivity index is 2.97. The zero-order valence-corrected chi connectivity index (χ0v) is 13.3. The van der Waals surface area contributed by atoms with E-state index in [0.29, 0.717) is 39.6 Å². The molecule has 0 rings (SSSR count). The largest absolute Gasteiger partial charge is 0.379 e. The number of amides is 1. The number of hydrogen-bond donors (Lipinski definition) is 1. The van der Waals surface area contributed by atoms with Gasteiger partial charge >= 0.3 is 0 Å². The van der Waals surface area contributed by atoms with Gasteiger partial charge in [-0.15, -0.1) is 0 Å². The summed E-state index contributed by atoms with van der Waals surface area (Å²) in [6.07, 6.45) is 3.64. The summed E-state index contributed by atoms with van der Waals surface area (Å²) in [5.41, 5.74) is 0. The molecule has 0 bridgehead atoms. The van der Waals surface area contributed by atoms with E-state index in [4.69, 9.17) is 14.2 Å². The van der Waals surface area contributed by atoms with Crippen LogP contribution < -0.4 is 5.32 Å². The van der Waals surface area contributed by atoms with Crippen molar-refractivity contribution in [3.63, 3.8) is 0 Å². The van der Waals surface area contributed by atoms with E-state index in [9.17, 15) is 4.79 Å². The molecule has 0 unspecified atom stereocenters. The molecule has 0 aromatic carbocycles. The predicted molar refractivity (Wildman–Crippen MR) is 79.8 cm³/mol. The van der Waals surface area contributed by atoms with Gasteiger partial charge in [-0.25, -0.2) is 0 Å². The van der Waals surface area contributed by atoms with Gasteiger partial charge in [0.2, 0.25) is 5.91 Å². The molecule has 0 heterocycles. The van der Waals surface area contributed by atoms with Gasteiger partial charge in [0.25, 0.3) is 0 Å². The van der Waals surface area contributed by atoms with Crippen molar-refractivity contribution in [1.82, 2.24) is 5.32 Å². The zero-order valence-electron chi connectivity index (χ0n) is 13.3. The second kappa shape index (κ2) is 14.8. The lowest BCUT2D eigenvalue weighted by atomic mass is 10.1. The van der Waals surface area contributed by atoms with Crippen molar-refractivity contribution >= 4 is 5.91 Å². The van der Waals surface area contributed by atoms with Crippen molar-refractivity contribution in [2.75, 3.05) is 46.2 Å². The maximum Gasteiger partial charge on any atom is 0.216 e. The first kappa shape index (κ1) is 19.4. The highest BCUT2D eigenvalue weighted by Gasteiger charge is 1.95. The van der Waals surface area contributed by atoms with Crippen molar-refractivity contribution in [3.05, 3.63) is 0 Å². The van der Waals surface area contributed by atoms with E-state index in [2.05, 4.69) is 19.2 Å². The average molecular weight is 289 g/mol. The summed E-state index contributed by atoms with van der Waals surface area (Å²) >= 11 is 0. The first-order valence-electron chi connectivity index (χ1n) is 7.60. The van der Waals surface area contributed by atoms with Gasteiger partial charge in [0, 0.05) is 20.1 Å². The van der Waals surface area contributed by atoms with E-state index >= 15 is 0 Å². The molecule has 0 atom stereocenters. The molecule has 0 aromatic heterocycles. The normalized spacial score (nSPS) is 11.0. The molecule has 0 saturated carbocycles. The summed E-state index contributed by atoms with van der Waals surface area (Å²) in [4.78, 5) is 10.6. The minimum absolute atomic E-state index is 0.0320.